The Bertz CT molecular complexity index is 954. The maximum atomic E-state index is 12.2. The van der Waals surface area contributed by atoms with E-state index in [1.54, 1.807) is 0 Å². The predicted octanol–water partition coefficient (Wildman–Crippen LogP) is -0.413. The van der Waals surface area contributed by atoms with Crippen molar-refractivity contribution in [1.82, 2.24) is 9.71 Å². The number of rotatable bonds is 3. The van der Waals surface area contributed by atoms with Crippen molar-refractivity contribution in [3.63, 3.8) is 0 Å². The molecule has 1 aliphatic heterocycles. The molecule has 0 saturated carbocycles. The molecule has 1 atom stereocenters. The van der Waals surface area contributed by atoms with Crippen LogP contribution < -0.4 is 10.5 Å². The molecule has 1 aromatic carbocycles. The van der Waals surface area contributed by atoms with Crippen LogP contribution in [-0.2, 0) is 19.9 Å². The summed E-state index contributed by atoms with van der Waals surface area (Å²) in [5.74, 6) is -0.889. The molecule has 0 spiro atoms. The van der Waals surface area contributed by atoms with E-state index in [-0.39, 0.29) is 33.9 Å². The lowest BCUT2D eigenvalue weighted by molar-refractivity contribution is 0.555. The van der Waals surface area contributed by atoms with Gasteiger partial charge in [-0.25, -0.2) is 26.4 Å². The Labute approximate surface area is 120 Å². The van der Waals surface area contributed by atoms with Crippen molar-refractivity contribution in [2.24, 2.45) is 0 Å². The van der Waals surface area contributed by atoms with Crippen LogP contribution in [0, 0.1) is 0 Å². The minimum Gasteiger partial charge on any atom is -0.408 e. The number of sulfonamides is 1. The van der Waals surface area contributed by atoms with E-state index < -0.39 is 31.7 Å². The number of oxazole rings is 1. The molecule has 1 unspecified atom stereocenters. The number of nitrogens with one attached hydrogen (secondary N) is 2. The van der Waals surface area contributed by atoms with Crippen molar-refractivity contribution < 1.29 is 21.3 Å². The first-order chi connectivity index (χ1) is 9.75. The van der Waals surface area contributed by atoms with Crippen LogP contribution in [0.25, 0.3) is 11.1 Å². The monoisotopic (exact) mass is 332 g/mol. The zero-order valence-corrected chi connectivity index (χ0v) is 12.3. The molecule has 0 radical (unpaired) electrons. The second-order valence-corrected chi connectivity index (χ2v) is 8.84. The molecule has 1 saturated heterocycles. The highest BCUT2D eigenvalue weighted by Crippen LogP contribution is 2.19. The molecule has 21 heavy (non-hydrogen) atoms. The Balaban J connectivity index is 1.91. The van der Waals surface area contributed by atoms with E-state index in [2.05, 4.69) is 9.71 Å². The molecule has 114 valence electrons. The van der Waals surface area contributed by atoms with Gasteiger partial charge in [-0.2, -0.15) is 0 Å². The molecule has 0 bridgehead atoms. The minimum atomic E-state index is -3.85. The predicted molar refractivity (Wildman–Crippen MR) is 74.2 cm³/mol. The van der Waals surface area contributed by atoms with Gasteiger partial charge in [-0.3, -0.25) is 4.98 Å². The number of sulfone groups is 1. The summed E-state index contributed by atoms with van der Waals surface area (Å²) in [4.78, 5) is 13.4. The number of fused-ring (bicyclic) bond motifs is 1. The molecular weight excluding hydrogens is 320 g/mol. The summed E-state index contributed by atoms with van der Waals surface area (Å²) in [6.45, 7) is 0. The van der Waals surface area contributed by atoms with Crippen LogP contribution in [0.2, 0.25) is 0 Å². The second-order valence-electron chi connectivity index (χ2n) is 4.89. The molecule has 3 rings (SSSR count). The van der Waals surface area contributed by atoms with Crippen LogP contribution in [0.3, 0.4) is 0 Å². The number of hydrogen-bond acceptors (Lipinski definition) is 6. The zero-order chi connectivity index (χ0) is 15.3. The summed E-state index contributed by atoms with van der Waals surface area (Å²) in [5, 5.41) is 0. The fraction of sp³-hybridized carbons (Fsp3) is 0.364. The van der Waals surface area contributed by atoms with Crippen molar-refractivity contribution in [3.8, 4) is 0 Å². The Kier molecular flexibility index (Phi) is 3.19. The largest absolute Gasteiger partial charge is 0.417 e. The first-order valence-electron chi connectivity index (χ1n) is 6.11. The van der Waals surface area contributed by atoms with E-state index in [1.165, 1.54) is 18.2 Å². The molecule has 2 N–H and O–H groups in total. The molecule has 0 aliphatic carbocycles. The van der Waals surface area contributed by atoms with Gasteiger partial charge in [0, 0.05) is 6.04 Å². The first kappa shape index (κ1) is 14.3. The Hall–Kier alpha value is -1.65. The van der Waals surface area contributed by atoms with Gasteiger partial charge in [0.25, 0.3) is 0 Å². The number of benzene rings is 1. The lowest BCUT2D eigenvalue weighted by Crippen LogP contribution is -2.35. The standard InChI is InChI=1S/C11H12N2O6S2/c14-11-12-9-5-8(1-2-10(9)19-11)21(17,18)13-7-3-4-20(15,16)6-7/h1-2,5,7,13H,3-4,6H2,(H,12,14). The van der Waals surface area contributed by atoms with E-state index in [1.807, 2.05) is 0 Å². The highest BCUT2D eigenvalue weighted by molar-refractivity contribution is 7.92. The summed E-state index contributed by atoms with van der Waals surface area (Å²) in [7, 11) is -7.03. The van der Waals surface area contributed by atoms with Gasteiger partial charge in [-0.05, 0) is 24.6 Å². The topological polar surface area (TPSA) is 126 Å². The Morgan fingerprint density at radius 2 is 2.10 bits per heavy atom. The van der Waals surface area contributed by atoms with Crippen LogP contribution in [-0.4, -0.2) is 39.4 Å². The van der Waals surface area contributed by atoms with E-state index in [0.29, 0.717) is 0 Å². The van der Waals surface area contributed by atoms with Crippen LogP contribution in [0.5, 0.6) is 0 Å². The second kappa shape index (κ2) is 4.68. The molecule has 1 fully saturated rings. The summed E-state index contributed by atoms with van der Waals surface area (Å²) in [6.07, 6.45) is 0.256. The van der Waals surface area contributed by atoms with E-state index >= 15 is 0 Å². The van der Waals surface area contributed by atoms with Gasteiger partial charge >= 0.3 is 5.76 Å². The summed E-state index contributed by atoms with van der Waals surface area (Å²) in [6, 6.07) is 3.31. The molecule has 10 heteroatoms. The summed E-state index contributed by atoms with van der Waals surface area (Å²) >= 11 is 0. The lowest BCUT2D eigenvalue weighted by Gasteiger charge is -2.11. The average molecular weight is 332 g/mol. The molecule has 8 nitrogen and oxygen atoms in total. The summed E-state index contributed by atoms with van der Waals surface area (Å²) in [5.41, 5.74) is 0.518. The maximum absolute atomic E-state index is 12.2. The van der Waals surface area contributed by atoms with Gasteiger partial charge < -0.3 is 4.42 Å². The van der Waals surface area contributed by atoms with Crippen molar-refractivity contribution in [2.75, 3.05) is 11.5 Å². The number of hydrogen-bond donors (Lipinski definition) is 2. The van der Waals surface area contributed by atoms with Crippen molar-refractivity contribution in [1.29, 1.82) is 0 Å². The molecule has 2 heterocycles. The van der Waals surface area contributed by atoms with Gasteiger partial charge in [-0.1, -0.05) is 0 Å². The summed E-state index contributed by atoms with van der Waals surface area (Å²) < 4.78 is 54.3. The molecule has 1 aromatic heterocycles. The maximum Gasteiger partial charge on any atom is 0.417 e. The number of aromatic nitrogens is 1. The van der Waals surface area contributed by atoms with Crippen LogP contribution in [0.1, 0.15) is 6.42 Å². The third-order valence-corrected chi connectivity index (χ3v) is 6.54. The quantitative estimate of drug-likeness (QED) is 0.786. The average Bonchev–Trinajstić information content (AvgIpc) is 2.89. The third-order valence-electron chi connectivity index (χ3n) is 3.25. The van der Waals surface area contributed by atoms with Crippen LogP contribution >= 0.6 is 0 Å². The minimum absolute atomic E-state index is 0.0196. The normalized spacial score (nSPS) is 21.8. The number of H-pyrrole nitrogens is 1. The van der Waals surface area contributed by atoms with Crippen LogP contribution in [0.4, 0.5) is 0 Å². The molecular formula is C11H12N2O6S2. The smallest absolute Gasteiger partial charge is 0.408 e. The fourth-order valence-electron chi connectivity index (χ4n) is 2.27. The highest BCUT2D eigenvalue weighted by Gasteiger charge is 2.31. The molecule has 2 aromatic rings. The Morgan fingerprint density at radius 1 is 1.33 bits per heavy atom. The van der Waals surface area contributed by atoms with Gasteiger partial charge in [0.2, 0.25) is 10.0 Å². The van der Waals surface area contributed by atoms with Crippen LogP contribution in [0.15, 0.2) is 32.3 Å². The SMILES string of the molecule is O=c1[nH]c2cc(S(=O)(=O)NC3CCS(=O)(=O)C3)ccc2o1. The third kappa shape index (κ3) is 2.87. The van der Waals surface area contributed by atoms with Gasteiger partial charge in [0.15, 0.2) is 15.4 Å². The zero-order valence-electron chi connectivity index (χ0n) is 10.7. The van der Waals surface area contributed by atoms with Gasteiger partial charge in [0.1, 0.15) is 0 Å². The van der Waals surface area contributed by atoms with Crippen molar-refractivity contribution in [3.05, 3.63) is 28.7 Å². The molecule has 0 amide bonds. The van der Waals surface area contributed by atoms with E-state index in [4.69, 9.17) is 4.42 Å². The van der Waals surface area contributed by atoms with Gasteiger partial charge in [-0.15, -0.1) is 0 Å². The Morgan fingerprint density at radius 3 is 2.76 bits per heavy atom. The fourth-order valence-corrected chi connectivity index (χ4v) is 5.35. The van der Waals surface area contributed by atoms with E-state index in [0.717, 1.165) is 0 Å². The first-order valence-corrected chi connectivity index (χ1v) is 9.41. The highest BCUT2D eigenvalue weighted by atomic mass is 32.2. The van der Waals surface area contributed by atoms with Crippen molar-refractivity contribution in [2.45, 2.75) is 17.4 Å². The molecule has 1 aliphatic rings. The van der Waals surface area contributed by atoms with Gasteiger partial charge in [0.05, 0.1) is 21.9 Å². The van der Waals surface area contributed by atoms with Crippen molar-refractivity contribution >= 4 is 31.0 Å². The van der Waals surface area contributed by atoms with E-state index in [9.17, 15) is 21.6 Å². The number of aromatic amines is 1. The lowest BCUT2D eigenvalue weighted by atomic mass is 10.3.